The molecule has 0 aliphatic carbocycles. The van der Waals surface area contributed by atoms with Crippen LogP contribution in [0.2, 0.25) is 0 Å². The maximum absolute atomic E-state index is 11.8. The summed E-state index contributed by atoms with van der Waals surface area (Å²) < 4.78 is 41.0. The molecule has 0 radical (unpaired) electrons. The standard InChI is InChI=1S/C13H17BrF3NO/c1-9-6-11(7-10(2)12(9)14)18-4-3-5-19-8-13(15,16)17/h6-7,18H,3-5,8H2,1-2H3. The highest BCUT2D eigenvalue weighted by Gasteiger charge is 2.27. The van der Waals surface area contributed by atoms with Gasteiger partial charge in [0, 0.05) is 23.3 Å². The number of alkyl halides is 3. The molecule has 0 heterocycles. The Morgan fingerprint density at radius 1 is 1.21 bits per heavy atom. The van der Waals surface area contributed by atoms with Gasteiger partial charge in [0.05, 0.1) is 0 Å². The van der Waals surface area contributed by atoms with Crippen LogP contribution in [0, 0.1) is 13.8 Å². The Hall–Kier alpha value is -0.750. The van der Waals surface area contributed by atoms with Crippen molar-refractivity contribution in [2.45, 2.75) is 26.4 Å². The fraction of sp³-hybridized carbons (Fsp3) is 0.538. The van der Waals surface area contributed by atoms with E-state index in [2.05, 4.69) is 26.0 Å². The predicted octanol–water partition coefficient (Wildman–Crippen LogP) is 4.45. The first kappa shape index (κ1) is 16.3. The van der Waals surface area contributed by atoms with Gasteiger partial charge in [-0.25, -0.2) is 0 Å². The normalized spacial score (nSPS) is 11.7. The highest BCUT2D eigenvalue weighted by molar-refractivity contribution is 9.10. The molecule has 6 heteroatoms. The molecule has 0 aliphatic heterocycles. The number of nitrogens with one attached hydrogen (secondary N) is 1. The zero-order valence-corrected chi connectivity index (χ0v) is 12.5. The van der Waals surface area contributed by atoms with E-state index < -0.39 is 12.8 Å². The Morgan fingerprint density at radius 3 is 2.32 bits per heavy atom. The molecule has 0 aliphatic rings. The van der Waals surface area contributed by atoms with Crippen LogP contribution in [-0.4, -0.2) is 25.9 Å². The van der Waals surface area contributed by atoms with Crippen molar-refractivity contribution in [3.05, 3.63) is 27.7 Å². The first-order chi connectivity index (χ1) is 8.79. The van der Waals surface area contributed by atoms with Gasteiger partial charge in [0.2, 0.25) is 0 Å². The molecule has 1 aromatic carbocycles. The lowest BCUT2D eigenvalue weighted by molar-refractivity contribution is -0.173. The van der Waals surface area contributed by atoms with Gasteiger partial charge in [0.1, 0.15) is 6.61 Å². The van der Waals surface area contributed by atoms with E-state index in [1.165, 1.54) is 0 Å². The van der Waals surface area contributed by atoms with Gasteiger partial charge in [0.25, 0.3) is 0 Å². The molecule has 19 heavy (non-hydrogen) atoms. The molecule has 0 saturated carbocycles. The summed E-state index contributed by atoms with van der Waals surface area (Å²) in [5.74, 6) is 0. The molecule has 0 amide bonds. The van der Waals surface area contributed by atoms with Crippen LogP contribution in [0.4, 0.5) is 18.9 Å². The third-order valence-corrected chi connectivity index (χ3v) is 3.75. The average Bonchev–Trinajstić information content (AvgIpc) is 2.29. The van der Waals surface area contributed by atoms with Crippen LogP contribution in [0.5, 0.6) is 0 Å². The molecule has 1 N–H and O–H groups in total. The summed E-state index contributed by atoms with van der Waals surface area (Å²) in [6, 6.07) is 3.99. The second kappa shape index (κ2) is 7.14. The highest BCUT2D eigenvalue weighted by atomic mass is 79.9. The van der Waals surface area contributed by atoms with Gasteiger partial charge in [-0.2, -0.15) is 13.2 Å². The second-order valence-electron chi connectivity index (χ2n) is 4.37. The largest absolute Gasteiger partial charge is 0.411 e. The molecule has 0 bridgehead atoms. The van der Waals surface area contributed by atoms with Crippen molar-refractivity contribution in [3.8, 4) is 0 Å². The minimum absolute atomic E-state index is 0.0982. The van der Waals surface area contributed by atoms with Crippen molar-refractivity contribution in [1.29, 1.82) is 0 Å². The Balaban J connectivity index is 2.27. The van der Waals surface area contributed by atoms with E-state index in [0.717, 1.165) is 21.3 Å². The van der Waals surface area contributed by atoms with Crippen LogP contribution >= 0.6 is 15.9 Å². The molecule has 1 aromatic rings. The summed E-state index contributed by atoms with van der Waals surface area (Å²) in [6.07, 6.45) is -3.71. The van der Waals surface area contributed by atoms with Crippen molar-refractivity contribution in [1.82, 2.24) is 0 Å². The molecular weight excluding hydrogens is 323 g/mol. The minimum Gasteiger partial charge on any atom is -0.385 e. The molecule has 0 fully saturated rings. The van der Waals surface area contributed by atoms with Crippen molar-refractivity contribution in [3.63, 3.8) is 0 Å². The summed E-state index contributed by atoms with van der Waals surface area (Å²) in [7, 11) is 0. The lowest BCUT2D eigenvalue weighted by Crippen LogP contribution is -2.18. The number of halogens is 4. The number of aryl methyl sites for hydroxylation is 2. The first-order valence-electron chi connectivity index (χ1n) is 5.95. The maximum atomic E-state index is 11.8. The molecule has 108 valence electrons. The molecule has 1 rings (SSSR count). The van der Waals surface area contributed by atoms with E-state index in [1.54, 1.807) is 0 Å². The molecule has 0 aromatic heterocycles. The summed E-state index contributed by atoms with van der Waals surface area (Å²) in [4.78, 5) is 0. The summed E-state index contributed by atoms with van der Waals surface area (Å²) in [5.41, 5.74) is 3.21. The third kappa shape index (κ3) is 6.29. The highest BCUT2D eigenvalue weighted by Crippen LogP contribution is 2.24. The molecule has 0 spiro atoms. The van der Waals surface area contributed by atoms with E-state index >= 15 is 0 Å². The number of anilines is 1. The van der Waals surface area contributed by atoms with Crippen molar-refractivity contribution >= 4 is 21.6 Å². The van der Waals surface area contributed by atoms with Gasteiger partial charge in [-0.3, -0.25) is 0 Å². The fourth-order valence-corrected chi connectivity index (χ4v) is 1.87. The van der Waals surface area contributed by atoms with Crippen molar-refractivity contribution < 1.29 is 17.9 Å². The van der Waals surface area contributed by atoms with Crippen molar-refractivity contribution in [2.24, 2.45) is 0 Å². The van der Waals surface area contributed by atoms with Crippen LogP contribution in [0.1, 0.15) is 17.5 Å². The summed E-state index contributed by atoms with van der Waals surface area (Å²) >= 11 is 3.48. The Morgan fingerprint density at radius 2 is 1.79 bits per heavy atom. The Labute approximate surface area is 119 Å². The number of benzene rings is 1. The van der Waals surface area contributed by atoms with Gasteiger partial charge in [-0.05, 0) is 43.5 Å². The van der Waals surface area contributed by atoms with E-state index in [9.17, 15) is 13.2 Å². The van der Waals surface area contributed by atoms with Gasteiger partial charge in [-0.1, -0.05) is 15.9 Å². The zero-order valence-electron chi connectivity index (χ0n) is 10.9. The molecule has 0 atom stereocenters. The van der Waals surface area contributed by atoms with Crippen LogP contribution in [0.25, 0.3) is 0 Å². The van der Waals surface area contributed by atoms with E-state index in [0.29, 0.717) is 13.0 Å². The number of hydrogen-bond donors (Lipinski definition) is 1. The first-order valence-corrected chi connectivity index (χ1v) is 6.74. The second-order valence-corrected chi connectivity index (χ2v) is 5.17. The number of hydrogen-bond acceptors (Lipinski definition) is 2. The summed E-state index contributed by atoms with van der Waals surface area (Å²) in [6.45, 7) is 3.49. The SMILES string of the molecule is Cc1cc(NCCCOCC(F)(F)F)cc(C)c1Br. The monoisotopic (exact) mass is 339 g/mol. The molecular formula is C13H17BrF3NO. The smallest absolute Gasteiger partial charge is 0.385 e. The summed E-state index contributed by atoms with van der Waals surface area (Å²) in [5, 5.41) is 3.17. The molecule has 0 unspecified atom stereocenters. The van der Waals surface area contributed by atoms with Gasteiger partial charge >= 0.3 is 6.18 Å². The molecule has 2 nitrogen and oxygen atoms in total. The number of ether oxygens (including phenoxy) is 1. The van der Waals surface area contributed by atoms with E-state index in [4.69, 9.17) is 0 Å². The van der Waals surface area contributed by atoms with Crippen LogP contribution in [0.3, 0.4) is 0 Å². The van der Waals surface area contributed by atoms with Crippen LogP contribution in [0.15, 0.2) is 16.6 Å². The molecule has 0 saturated heterocycles. The van der Waals surface area contributed by atoms with Crippen LogP contribution in [-0.2, 0) is 4.74 Å². The fourth-order valence-electron chi connectivity index (χ4n) is 1.64. The van der Waals surface area contributed by atoms with Gasteiger partial charge in [0.15, 0.2) is 0 Å². The minimum atomic E-state index is -4.24. The van der Waals surface area contributed by atoms with Gasteiger partial charge < -0.3 is 10.1 Å². The topological polar surface area (TPSA) is 21.3 Å². The predicted molar refractivity (Wildman–Crippen MR) is 73.6 cm³/mol. The van der Waals surface area contributed by atoms with E-state index in [1.807, 2.05) is 26.0 Å². The van der Waals surface area contributed by atoms with Crippen LogP contribution < -0.4 is 5.32 Å². The van der Waals surface area contributed by atoms with E-state index in [-0.39, 0.29) is 6.61 Å². The lowest BCUT2D eigenvalue weighted by atomic mass is 10.1. The third-order valence-electron chi connectivity index (χ3n) is 2.50. The quantitative estimate of drug-likeness (QED) is 0.773. The number of rotatable bonds is 6. The van der Waals surface area contributed by atoms with Gasteiger partial charge in [-0.15, -0.1) is 0 Å². The Kier molecular flexibility index (Phi) is 6.13. The maximum Gasteiger partial charge on any atom is 0.411 e. The Bertz CT molecular complexity index is 398. The lowest BCUT2D eigenvalue weighted by Gasteiger charge is -2.11. The average molecular weight is 340 g/mol. The van der Waals surface area contributed by atoms with Crippen molar-refractivity contribution in [2.75, 3.05) is 25.1 Å². The zero-order chi connectivity index (χ0) is 14.5.